The van der Waals surface area contributed by atoms with E-state index in [0.717, 1.165) is 31.2 Å². The third-order valence-corrected chi connectivity index (χ3v) is 6.78. The molecular formula is C17H24N2O3S. The van der Waals surface area contributed by atoms with Crippen LogP contribution < -0.4 is 0 Å². The van der Waals surface area contributed by atoms with Gasteiger partial charge < -0.3 is 4.90 Å². The fourth-order valence-electron chi connectivity index (χ4n) is 3.50. The minimum absolute atomic E-state index is 0.162. The first kappa shape index (κ1) is 16.5. The Morgan fingerprint density at radius 2 is 1.74 bits per heavy atom. The van der Waals surface area contributed by atoms with Crippen LogP contribution in [0.15, 0.2) is 29.2 Å². The lowest BCUT2D eigenvalue weighted by molar-refractivity contribution is -0.136. The summed E-state index contributed by atoms with van der Waals surface area (Å²) < 4.78 is 26.9. The normalized spacial score (nSPS) is 20.8. The number of sulfonamides is 1. The fourth-order valence-corrected chi connectivity index (χ4v) is 5.03. The molecule has 1 amide bonds. The summed E-state index contributed by atoms with van der Waals surface area (Å²) in [6, 6.07) is 6.99. The highest BCUT2D eigenvalue weighted by Crippen LogP contribution is 2.27. The van der Waals surface area contributed by atoms with Crippen LogP contribution in [-0.2, 0) is 14.8 Å². The molecule has 1 aliphatic heterocycles. The summed E-state index contributed by atoms with van der Waals surface area (Å²) in [7, 11) is -3.46. The highest BCUT2D eigenvalue weighted by molar-refractivity contribution is 7.89. The maximum atomic E-state index is 12.7. The SMILES string of the molecule is Cc1cccc(S(=O)(=O)N2CCN(C(=O)C3CCCC3)CC2)c1. The molecular weight excluding hydrogens is 312 g/mol. The molecule has 0 aromatic heterocycles. The Morgan fingerprint density at radius 3 is 2.35 bits per heavy atom. The number of carbonyl (C=O) groups excluding carboxylic acids is 1. The quantitative estimate of drug-likeness (QED) is 0.848. The Hall–Kier alpha value is -1.40. The van der Waals surface area contributed by atoms with Gasteiger partial charge in [0.25, 0.3) is 0 Å². The van der Waals surface area contributed by atoms with Gasteiger partial charge in [0.05, 0.1) is 4.90 Å². The molecule has 6 heteroatoms. The van der Waals surface area contributed by atoms with E-state index in [9.17, 15) is 13.2 Å². The van der Waals surface area contributed by atoms with Crippen molar-refractivity contribution in [1.82, 2.24) is 9.21 Å². The lowest BCUT2D eigenvalue weighted by Gasteiger charge is -2.35. The van der Waals surface area contributed by atoms with Crippen molar-refractivity contribution in [3.63, 3.8) is 0 Å². The van der Waals surface area contributed by atoms with Crippen LogP contribution in [-0.4, -0.2) is 49.7 Å². The largest absolute Gasteiger partial charge is 0.340 e. The highest BCUT2D eigenvalue weighted by atomic mass is 32.2. The molecule has 1 heterocycles. The van der Waals surface area contributed by atoms with E-state index in [0.29, 0.717) is 31.1 Å². The van der Waals surface area contributed by atoms with Crippen molar-refractivity contribution in [1.29, 1.82) is 0 Å². The molecule has 0 N–H and O–H groups in total. The van der Waals surface area contributed by atoms with E-state index in [4.69, 9.17) is 0 Å². The molecule has 1 aromatic rings. The first-order chi connectivity index (χ1) is 11.0. The number of rotatable bonds is 3. The molecule has 1 saturated carbocycles. The third-order valence-electron chi connectivity index (χ3n) is 4.88. The minimum Gasteiger partial charge on any atom is -0.340 e. The Bertz CT molecular complexity index is 673. The van der Waals surface area contributed by atoms with Crippen molar-refractivity contribution in [2.45, 2.75) is 37.5 Å². The lowest BCUT2D eigenvalue weighted by Crippen LogP contribution is -2.51. The van der Waals surface area contributed by atoms with Gasteiger partial charge in [0, 0.05) is 32.1 Å². The molecule has 0 unspecified atom stereocenters. The average molecular weight is 336 g/mol. The van der Waals surface area contributed by atoms with Crippen molar-refractivity contribution in [2.24, 2.45) is 5.92 Å². The Morgan fingerprint density at radius 1 is 1.09 bits per heavy atom. The van der Waals surface area contributed by atoms with Gasteiger partial charge >= 0.3 is 0 Å². The smallest absolute Gasteiger partial charge is 0.243 e. The van der Waals surface area contributed by atoms with Gasteiger partial charge in [-0.3, -0.25) is 4.79 Å². The summed E-state index contributed by atoms with van der Waals surface area (Å²) in [6.45, 7) is 3.65. The third kappa shape index (κ3) is 3.43. The van der Waals surface area contributed by atoms with Gasteiger partial charge in [-0.25, -0.2) is 8.42 Å². The number of nitrogens with zero attached hydrogens (tertiary/aromatic N) is 2. The summed E-state index contributed by atoms with van der Waals surface area (Å²) in [4.78, 5) is 14.6. The van der Waals surface area contributed by atoms with Crippen molar-refractivity contribution in [3.8, 4) is 0 Å². The topological polar surface area (TPSA) is 57.7 Å². The van der Waals surface area contributed by atoms with E-state index in [1.807, 2.05) is 17.9 Å². The van der Waals surface area contributed by atoms with Crippen molar-refractivity contribution in [2.75, 3.05) is 26.2 Å². The molecule has 1 saturated heterocycles. The maximum Gasteiger partial charge on any atom is 0.243 e. The van der Waals surface area contributed by atoms with Gasteiger partial charge in [0.2, 0.25) is 15.9 Å². The van der Waals surface area contributed by atoms with Gasteiger partial charge in [-0.1, -0.05) is 25.0 Å². The zero-order valence-electron chi connectivity index (χ0n) is 13.6. The van der Waals surface area contributed by atoms with Gasteiger partial charge in [0.1, 0.15) is 0 Å². The van der Waals surface area contributed by atoms with E-state index in [-0.39, 0.29) is 11.8 Å². The first-order valence-electron chi connectivity index (χ1n) is 8.34. The van der Waals surface area contributed by atoms with Crippen molar-refractivity contribution < 1.29 is 13.2 Å². The molecule has 1 aromatic carbocycles. The summed E-state index contributed by atoms with van der Waals surface area (Å²) in [5, 5.41) is 0. The van der Waals surface area contributed by atoms with Crippen LogP contribution in [0, 0.1) is 12.8 Å². The molecule has 0 bridgehead atoms. The van der Waals surface area contributed by atoms with Crippen LogP contribution in [0.5, 0.6) is 0 Å². The van der Waals surface area contributed by atoms with Crippen LogP contribution in [0.2, 0.25) is 0 Å². The molecule has 2 aliphatic rings. The lowest BCUT2D eigenvalue weighted by atomic mass is 10.1. The van der Waals surface area contributed by atoms with Crippen LogP contribution in [0.1, 0.15) is 31.2 Å². The Balaban J connectivity index is 1.65. The number of aryl methyl sites for hydroxylation is 1. The molecule has 5 nitrogen and oxygen atoms in total. The zero-order chi connectivity index (χ0) is 16.4. The summed E-state index contributed by atoms with van der Waals surface area (Å²) in [5.74, 6) is 0.380. The first-order valence-corrected chi connectivity index (χ1v) is 9.78. The summed E-state index contributed by atoms with van der Waals surface area (Å²) in [5.41, 5.74) is 0.932. The van der Waals surface area contributed by atoms with E-state index in [1.54, 1.807) is 18.2 Å². The fraction of sp³-hybridized carbons (Fsp3) is 0.588. The number of hydrogen-bond donors (Lipinski definition) is 0. The molecule has 126 valence electrons. The molecule has 0 atom stereocenters. The van der Waals surface area contributed by atoms with Crippen LogP contribution >= 0.6 is 0 Å². The predicted octanol–water partition coefficient (Wildman–Crippen LogP) is 2.02. The van der Waals surface area contributed by atoms with E-state index in [2.05, 4.69) is 0 Å². The summed E-state index contributed by atoms with van der Waals surface area (Å²) in [6.07, 6.45) is 4.25. The van der Waals surface area contributed by atoms with Gasteiger partial charge in [-0.2, -0.15) is 4.31 Å². The molecule has 23 heavy (non-hydrogen) atoms. The second-order valence-corrected chi connectivity index (χ2v) is 8.47. The number of hydrogen-bond acceptors (Lipinski definition) is 3. The van der Waals surface area contributed by atoms with Crippen LogP contribution in [0.25, 0.3) is 0 Å². The second-order valence-electron chi connectivity index (χ2n) is 6.53. The van der Waals surface area contributed by atoms with E-state index in [1.165, 1.54) is 4.31 Å². The molecule has 0 radical (unpaired) electrons. The summed E-state index contributed by atoms with van der Waals surface area (Å²) >= 11 is 0. The molecule has 2 fully saturated rings. The van der Waals surface area contributed by atoms with Gasteiger partial charge in [0.15, 0.2) is 0 Å². The average Bonchev–Trinajstić information content (AvgIpc) is 3.09. The number of piperazine rings is 1. The van der Waals surface area contributed by atoms with E-state index >= 15 is 0 Å². The number of benzene rings is 1. The predicted molar refractivity (Wildman–Crippen MR) is 88.5 cm³/mol. The standard InChI is InChI=1S/C17H24N2O3S/c1-14-5-4-8-16(13-14)23(21,22)19-11-9-18(10-12-19)17(20)15-6-2-3-7-15/h4-5,8,13,15H,2-3,6-7,9-12H2,1H3. The maximum absolute atomic E-state index is 12.7. The highest BCUT2D eigenvalue weighted by Gasteiger charge is 2.33. The van der Waals surface area contributed by atoms with Gasteiger partial charge in [-0.15, -0.1) is 0 Å². The number of carbonyl (C=O) groups is 1. The molecule has 3 rings (SSSR count). The number of amides is 1. The zero-order valence-corrected chi connectivity index (χ0v) is 14.4. The van der Waals surface area contributed by atoms with Crippen molar-refractivity contribution in [3.05, 3.63) is 29.8 Å². The monoisotopic (exact) mass is 336 g/mol. The Kier molecular flexibility index (Phi) is 4.73. The molecule has 0 spiro atoms. The van der Waals surface area contributed by atoms with Gasteiger partial charge in [-0.05, 0) is 37.5 Å². The second kappa shape index (κ2) is 6.61. The Labute approximate surface area is 138 Å². The molecule has 1 aliphatic carbocycles. The van der Waals surface area contributed by atoms with Crippen LogP contribution in [0.3, 0.4) is 0 Å². The minimum atomic E-state index is -3.46. The van der Waals surface area contributed by atoms with E-state index < -0.39 is 10.0 Å². The van der Waals surface area contributed by atoms with Crippen LogP contribution in [0.4, 0.5) is 0 Å². The van der Waals surface area contributed by atoms with Crippen molar-refractivity contribution >= 4 is 15.9 Å².